The Hall–Kier alpha value is -2.93. The Labute approximate surface area is 151 Å². The van der Waals surface area contributed by atoms with Crippen LogP contribution in [0.2, 0.25) is 0 Å². The van der Waals surface area contributed by atoms with Crippen LogP contribution in [-0.4, -0.2) is 45.6 Å². The van der Waals surface area contributed by atoms with E-state index in [2.05, 4.69) is 57.2 Å². The number of fused-ring (bicyclic) bond motifs is 1. The average Bonchev–Trinajstić information content (AvgIpc) is 3.05. The third-order valence-electron chi connectivity index (χ3n) is 5.01. The van der Waals surface area contributed by atoms with Gasteiger partial charge in [-0.3, -0.25) is 9.47 Å². The molecule has 0 amide bonds. The molecule has 0 atom stereocenters. The highest BCUT2D eigenvalue weighted by atomic mass is 16.6. The Balaban J connectivity index is 1.47. The molecule has 1 aromatic heterocycles. The van der Waals surface area contributed by atoms with E-state index >= 15 is 0 Å². The van der Waals surface area contributed by atoms with E-state index in [0.29, 0.717) is 5.82 Å². The van der Waals surface area contributed by atoms with Crippen LogP contribution in [0.1, 0.15) is 5.56 Å². The maximum absolute atomic E-state index is 11.2. The first-order valence-electron chi connectivity index (χ1n) is 8.73. The highest BCUT2D eigenvalue weighted by Gasteiger charge is 2.28. The van der Waals surface area contributed by atoms with Crippen LogP contribution in [0, 0.1) is 10.1 Å². The zero-order valence-corrected chi connectivity index (χ0v) is 14.7. The summed E-state index contributed by atoms with van der Waals surface area (Å²) in [7, 11) is 1.80. The molecule has 134 valence electrons. The number of imidazole rings is 1. The number of aromatic nitrogens is 2. The van der Waals surface area contributed by atoms with Crippen molar-refractivity contribution in [1.82, 2.24) is 14.5 Å². The summed E-state index contributed by atoms with van der Waals surface area (Å²) in [5.74, 6) is 0.537. The lowest BCUT2D eigenvalue weighted by Gasteiger charge is -2.35. The topological polar surface area (TPSA) is 67.4 Å². The smallest absolute Gasteiger partial charge is 0.358 e. The number of rotatable bonds is 4. The summed E-state index contributed by atoms with van der Waals surface area (Å²) in [6.45, 7) is 4.13. The van der Waals surface area contributed by atoms with Crippen molar-refractivity contribution < 1.29 is 4.92 Å². The first-order chi connectivity index (χ1) is 12.6. The minimum atomic E-state index is -0.405. The third kappa shape index (κ3) is 3.01. The Morgan fingerprint density at radius 2 is 1.81 bits per heavy atom. The minimum absolute atomic E-state index is 0.0602. The molecule has 1 saturated heterocycles. The molecule has 1 aliphatic heterocycles. The van der Waals surface area contributed by atoms with Crippen LogP contribution in [0.25, 0.3) is 10.8 Å². The zero-order valence-electron chi connectivity index (χ0n) is 14.7. The van der Waals surface area contributed by atoms with Gasteiger partial charge < -0.3 is 15.0 Å². The van der Waals surface area contributed by atoms with E-state index in [1.54, 1.807) is 11.6 Å². The molecule has 0 unspecified atom stereocenters. The van der Waals surface area contributed by atoms with Gasteiger partial charge in [-0.1, -0.05) is 42.5 Å². The van der Waals surface area contributed by atoms with Crippen LogP contribution in [0.15, 0.2) is 48.8 Å². The largest absolute Gasteiger partial charge is 0.406 e. The molecule has 0 saturated carbocycles. The quantitative estimate of drug-likeness (QED) is 0.534. The lowest BCUT2D eigenvalue weighted by Crippen LogP contribution is -2.46. The van der Waals surface area contributed by atoms with Gasteiger partial charge in [-0.2, -0.15) is 0 Å². The van der Waals surface area contributed by atoms with Gasteiger partial charge in [0.25, 0.3) is 0 Å². The van der Waals surface area contributed by atoms with Gasteiger partial charge in [0.1, 0.15) is 0 Å². The highest BCUT2D eigenvalue weighted by molar-refractivity contribution is 5.85. The molecule has 3 aromatic rings. The number of anilines is 1. The van der Waals surface area contributed by atoms with Gasteiger partial charge in [0.05, 0.1) is 0 Å². The summed E-state index contributed by atoms with van der Waals surface area (Å²) in [4.78, 5) is 19.2. The summed E-state index contributed by atoms with van der Waals surface area (Å²) in [6.07, 6.45) is 1.51. The molecule has 1 aliphatic rings. The lowest BCUT2D eigenvalue weighted by atomic mass is 10.0. The maximum Gasteiger partial charge on any atom is 0.406 e. The average molecular weight is 351 g/mol. The molecular formula is C19H21N5O2. The molecule has 0 aliphatic carbocycles. The second-order valence-electron chi connectivity index (χ2n) is 6.66. The minimum Gasteiger partial charge on any atom is -0.358 e. The van der Waals surface area contributed by atoms with Crippen molar-refractivity contribution in [2.24, 2.45) is 7.05 Å². The van der Waals surface area contributed by atoms with Crippen molar-refractivity contribution in [1.29, 1.82) is 0 Å². The number of nitrogens with zero attached hydrogens (tertiary/aromatic N) is 5. The Morgan fingerprint density at radius 1 is 1.08 bits per heavy atom. The molecule has 2 aromatic carbocycles. The Morgan fingerprint density at radius 3 is 2.58 bits per heavy atom. The lowest BCUT2D eigenvalue weighted by molar-refractivity contribution is -0.388. The van der Waals surface area contributed by atoms with Crippen molar-refractivity contribution in [3.8, 4) is 0 Å². The standard InChI is InChI=1S/C19H21N5O2/c1-21-14-20-18(24(25)26)19(21)23-11-9-22(10-12-23)13-16-7-4-6-15-5-2-3-8-17(15)16/h2-8,14H,9-13H2,1H3. The fourth-order valence-electron chi connectivity index (χ4n) is 3.69. The van der Waals surface area contributed by atoms with Crippen LogP contribution < -0.4 is 4.90 Å². The predicted molar refractivity (Wildman–Crippen MR) is 101 cm³/mol. The Kier molecular flexibility index (Phi) is 4.30. The second kappa shape index (κ2) is 6.76. The highest BCUT2D eigenvalue weighted by Crippen LogP contribution is 2.27. The number of benzene rings is 2. The van der Waals surface area contributed by atoms with Gasteiger partial charge in [-0.25, -0.2) is 0 Å². The third-order valence-corrected chi connectivity index (χ3v) is 5.01. The fraction of sp³-hybridized carbons (Fsp3) is 0.316. The fourth-order valence-corrected chi connectivity index (χ4v) is 3.69. The van der Waals surface area contributed by atoms with Crippen LogP contribution in [-0.2, 0) is 13.6 Å². The number of piperazine rings is 1. The van der Waals surface area contributed by atoms with Gasteiger partial charge in [0.2, 0.25) is 12.1 Å². The van der Waals surface area contributed by atoms with Gasteiger partial charge in [-0.05, 0) is 26.2 Å². The first-order valence-corrected chi connectivity index (χ1v) is 8.73. The van der Waals surface area contributed by atoms with E-state index in [1.165, 1.54) is 22.7 Å². The van der Waals surface area contributed by atoms with E-state index in [1.807, 2.05) is 0 Å². The Bertz CT molecular complexity index is 939. The summed E-state index contributed by atoms with van der Waals surface area (Å²) in [5, 5.41) is 13.8. The van der Waals surface area contributed by atoms with Crippen molar-refractivity contribution in [3.63, 3.8) is 0 Å². The second-order valence-corrected chi connectivity index (χ2v) is 6.66. The van der Waals surface area contributed by atoms with Crippen LogP contribution in [0.5, 0.6) is 0 Å². The van der Waals surface area contributed by atoms with Crippen LogP contribution in [0.4, 0.5) is 11.6 Å². The monoisotopic (exact) mass is 351 g/mol. The molecule has 7 heteroatoms. The van der Waals surface area contributed by atoms with E-state index in [4.69, 9.17) is 0 Å². The molecule has 0 radical (unpaired) electrons. The molecule has 4 rings (SSSR count). The number of hydrogen-bond acceptors (Lipinski definition) is 5. The zero-order chi connectivity index (χ0) is 18.1. The number of aryl methyl sites for hydroxylation is 1. The van der Waals surface area contributed by atoms with Gasteiger partial charge in [-0.15, -0.1) is 0 Å². The first kappa shape index (κ1) is 16.5. The molecule has 7 nitrogen and oxygen atoms in total. The number of hydrogen-bond donors (Lipinski definition) is 0. The summed E-state index contributed by atoms with van der Waals surface area (Å²) in [5.41, 5.74) is 1.32. The molecule has 0 bridgehead atoms. The van der Waals surface area contributed by atoms with Crippen LogP contribution >= 0.6 is 0 Å². The summed E-state index contributed by atoms with van der Waals surface area (Å²) < 4.78 is 1.73. The van der Waals surface area contributed by atoms with Crippen molar-refractivity contribution in [2.45, 2.75) is 6.54 Å². The molecule has 2 heterocycles. The predicted octanol–water partition coefficient (Wildman–Crippen LogP) is 2.80. The van der Waals surface area contributed by atoms with E-state index in [9.17, 15) is 10.1 Å². The van der Waals surface area contributed by atoms with Gasteiger partial charge >= 0.3 is 5.82 Å². The normalized spacial score (nSPS) is 15.5. The number of nitro groups is 1. The molecule has 0 spiro atoms. The molecule has 26 heavy (non-hydrogen) atoms. The summed E-state index contributed by atoms with van der Waals surface area (Å²) >= 11 is 0. The van der Waals surface area contributed by atoms with E-state index in [0.717, 1.165) is 32.7 Å². The van der Waals surface area contributed by atoms with Crippen molar-refractivity contribution in [3.05, 3.63) is 64.5 Å². The van der Waals surface area contributed by atoms with E-state index in [-0.39, 0.29) is 5.82 Å². The maximum atomic E-state index is 11.2. The van der Waals surface area contributed by atoms with Gasteiger partial charge in [0, 0.05) is 39.8 Å². The van der Waals surface area contributed by atoms with Crippen molar-refractivity contribution in [2.75, 3.05) is 31.1 Å². The summed E-state index contributed by atoms with van der Waals surface area (Å²) in [6, 6.07) is 14.9. The molecular weight excluding hydrogens is 330 g/mol. The van der Waals surface area contributed by atoms with Crippen molar-refractivity contribution >= 4 is 22.4 Å². The SMILES string of the molecule is Cn1cnc([N+](=O)[O-])c1N1CCN(Cc2cccc3ccccc23)CC1. The molecule has 0 N–H and O–H groups in total. The van der Waals surface area contributed by atoms with Crippen LogP contribution in [0.3, 0.4) is 0 Å². The van der Waals surface area contributed by atoms with E-state index < -0.39 is 4.92 Å². The molecule has 1 fully saturated rings. The van der Waals surface area contributed by atoms with Gasteiger partial charge in [0.15, 0.2) is 0 Å².